The van der Waals surface area contributed by atoms with E-state index >= 15 is 0 Å². The van der Waals surface area contributed by atoms with Crippen molar-refractivity contribution in [3.05, 3.63) is 64.7 Å². The van der Waals surface area contributed by atoms with Crippen LogP contribution in [0.25, 0.3) is 5.65 Å². The van der Waals surface area contributed by atoms with Gasteiger partial charge in [0.1, 0.15) is 27.7 Å². The molecule has 9 heteroatoms. The summed E-state index contributed by atoms with van der Waals surface area (Å²) in [5, 5.41) is 3.47. The molecule has 2 aliphatic rings. The Kier molecular flexibility index (Phi) is 5.48. The Morgan fingerprint density at radius 3 is 2.76 bits per heavy atom. The number of aromatic nitrogens is 2. The largest absolute Gasteiger partial charge is 0.496 e. The molecule has 176 valence electrons. The van der Waals surface area contributed by atoms with Gasteiger partial charge >= 0.3 is 0 Å². The van der Waals surface area contributed by atoms with E-state index in [1.807, 2.05) is 41.9 Å². The normalized spacial score (nSPS) is 21.4. The number of methoxy groups -OCH3 is 2. The van der Waals surface area contributed by atoms with Crippen LogP contribution in [0, 0.1) is 5.92 Å². The zero-order valence-corrected chi connectivity index (χ0v) is 19.8. The molecule has 0 bridgehead atoms. The highest BCUT2D eigenvalue weighted by Gasteiger charge is 2.60. The van der Waals surface area contributed by atoms with Gasteiger partial charge in [0.25, 0.3) is 0 Å². The molecule has 0 radical (unpaired) electrons. The molecule has 1 spiro atoms. The van der Waals surface area contributed by atoms with Crippen LogP contribution in [-0.4, -0.2) is 47.3 Å². The number of ether oxygens (including phenoxy) is 3. The Bertz CT molecular complexity index is 1310. The molecule has 3 heterocycles. The summed E-state index contributed by atoms with van der Waals surface area (Å²) in [4.78, 5) is 31.5. The monoisotopic (exact) mass is 481 g/mol. The van der Waals surface area contributed by atoms with Crippen molar-refractivity contribution in [2.45, 2.75) is 25.4 Å². The maximum absolute atomic E-state index is 13.5. The first-order chi connectivity index (χ1) is 16.4. The van der Waals surface area contributed by atoms with E-state index in [0.717, 1.165) is 17.0 Å². The van der Waals surface area contributed by atoms with Crippen molar-refractivity contribution in [1.29, 1.82) is 0 Å². The first-order valence-corrected chi connectivity index (χ1v) is 11.4. The Morgan fingerprint density at radius 2 is 2.06 bits per heavy atom. The number of hydrogen-bond acceptors (Lipinski definition) is 7. The van der Waals surface area contributed by atoms with Crippen LogP contribution in [0.2, 0.25) is 5.02 Å². The average molecular weight is 482 g/mol. The Balaban J connectivity index is 1.36. The van der Waals surface area contributed by atoms with Crippen LogP contribution in [0.1, 0.15) is 29.4 Å². The summed E-state index contributed by atoms with van der Waals surface area (Å²) in [6, 6.07) is 7.38. The highest BCUT2D eigenvalue weighted by molar-refractivity contribution is 6.36. The summed E-state index contributed by atoms with van der Waals surface area (Å²) in [6.45, 7) is 2.44. The highest BCUT2D eigenvalue weighted by Crippen LogP contribution is 2.52. The molecule has 0 saturated carbocycles. The molecule has 34 heavy (non-hydrogen) atoms. The minimum Gasteiger partial charge on any atom is -0.496 e. The van der Waals surface area contributed by atoms with Crippen LogP contribution in [0.3, 0.4) is 0 Å². The summed E-state index contributed by atoms with van der Waals surface area (Å²) in [5.41, 5.74) is 1.10. The lowest BCUT2D eigenvalue weighted by atomic mass is 9.74. The number of carbonyl (C=O) groups excluding carboxylic acids is 2. The van der Waals surface area contributed by atoms with E-state index in [0.29, 0.717) is 25.1 Å². The van der Waals surface area contributed by atoms with Gasteiger partial charge in [-0.2, -0.15) is 0 Å². The van der Waals surface area contributed by atoms with Gasteiger partial charge in [0, 0.05) is 49.1 Å². The van der Waals surface area contributed by atoms with Gasteiger partial charge in [-0.25, -0.2) is 4.98 Å². The Hall–Kier alpha value is -3.52. The molecule has 0 amide bonds. The van der Waals surface area contributed by atoms with E-state index in [1.165, 1.54) is 26.4 Å². The lowest BCUT2D eigenvalue weighted by Crippen LogP contribution is -2.55. The zero-order valence-electron chi connectivity index (χ0n) is 19.1. The number of Topliss-reactive ketones (excluding diaryl/α,β-unsaturated/α-hetero) is 1. The second kappa shape index (κ2) is 8.36. The lowest BCUT2D eigenvalue weighted by Gasteiger charge is -2.35. The van der Waals surface area contributed by atoms with E-state index in [9.17, 15) is 9.59 Å². The van der Waals surface area contributed by atoms with Gasteiger partial charge in [0.2, 0.25) is 17.2 Å². The third-order valence-corrected chi connectivity index (χ3v) is 6.82. The average Bonchev–Trinajstić information content (AvgIpc) is 3.38. The fraction of sp³-hybridized carbons (Fsp3) is 0.320. The van der Waals surface area contributed by atoms with E-state index in [4.69, 9.17) is 25.8 Å². The number of nitrogens with one attached hydrogen (secondary N) is 1. The van der Waals surface area contributed by atoms with Crippen molar-refractivity contribution >= 4 is 28.8 Å². The smallest absolute Gasteiger partial charge is 0.236 e. The second-order valence-electron chi connectivity index (χ2n) is 8.48. The molecule has 5 rings (SSSR count). The number of rotatable bonds is 6. The molecule has 1 aliphatic carbocycles. The van der Waals surface area contributed by atoms with Crippen LogP contribution in [0.5, 0.6) is 17.2 Å². The fourth-order valence-corrected chi connectivity index (χ4v) is 4.98. The fourth-order valence-electron chi connectivity index (χ4n) is 4.71. The van der Waals surface area contributed by atoms with Crippen LogP contribution in [0.4, 0.5) is 0 Å². The molecule has 2 atom stereocenters. The number of carbonyl (C=O) groups is 2. The van der Waals surface area contributed by atoms with Crippen molar-refractivity contribution in [3.8, 4) is 17.2 Å². The van der Waals surface area contributed by atoms with Gasteiger partial charge in [0.05, 0.1) is 19.9 Å². The molecule has 0 fully saturated rings. The topological polar surface area (TPSA) is 91.2 Å². The number of imidazole rings is 1. The van der Waals surface area contributed by atoms with Crippen molar-refractivity contribution in [3.63, 3.8) is 0 Å². The maximum Gasteiger partial charge on any atom is 0.236 e. The quantitative estimate of drug-likeness (QED) is 0.537. The molecule has 2 unspecified atom stereocenters. The van der Waals surface area contributed by atoms with Crippen molar-refractivity contribution in [1.82, 2.24) is 14.7 Å². The van der Waals surface area contributed by atoms with Crippen molar-refractivity contribution < 1.29 is 23.8 Å². The molecular weight excluding hydrogens is 458 g/mol. The predicted octanol–water partition coefficient (Wildman–Crippen LogP) is 3.64. The summed E-state index contributed by atoms with van der Waals surface area (Å²) in [7, 11) is 2.90. The molecule has 1 aliphatic heterocycles. The third kappa shape index (κ3) is 3.32. The second-order valence-corrected chi connectivity index (χ2v) is 8.86. The lowest BCUT2D eigenvalue weighted by molar-refractivity contribution is -0.129. The third-order valence-electron chi connectivity index (χ3n) is 6.46. The first kappa shape index (κ1) is 22.3. The number of ketones is 2. The standard InChI is InChI=1S/C25H24ClN3O5/c1-14-10-16(27-8-7-15-13-29-9-5-4-6-20(29)28-15)11-19(30)25(14)24(31)21-17(32-2)12-18(33-3)22(26)23(21)34-25/h4-6,9,11-14,27H,7-8,10H2,1-3H3. The van der Waals surface area contributed by atoms with Crippen molar-refractivity contribution in [2.24, 2.45) is 5.92 Å². The van der Waals surface area contributed by atoms with E-state index in [2.05, 4.69) is 10.3 Å². The predicted molar refractivity (Wildman–Crippen MR) is 126 cm³/mol. The number of fused-ring (bicyclic) bond motifs is 2. The summed E-state index contributed by atoms with van der Waals surface area (Å²) >= 11 is 6.43. The summed E-state index contributed by atoms with van der Waals surface area (Å²) < 4.78 is 18.7. The Morgan fingerprint density at radius 1 is 1.26 bits per heavy atom. The van der Waals surface area contributed by atoms with E-state index in [-0.39, 0.29) is 22.1 Å². The van der Waals surface area contributed by atoms with Gasteiger partial charge in [-0.1, -0.05) is 24.6 Å². The van der Waals surface area contributed by atoms with Crippen LogP contribution < -0.4 is 19.5 Å². The molecule has 1 aromatic carbocycles. The molecule has 0 saturated heterocycles. The van der Waals surface area contributed by atoms with Crippen LogP contribution in [0.15, 0.2) is 48.4 Å². The number of pyridine rings is 1. The number of halogens is 1. The molecule has 8 nitrogen and oxygen atoms in total. The van der Waals surface area contributed by atoms with Gasteiger partial charge in [-0.15, -0.1) is 0 Å². The summed E-state index contributed by atoms with van der Waals surface area (Å²) in [6.07, 6.45) is 6.57. The summed E-state index contributed by atoms with van der Waals surface area (Å²) in [5.74, 6) is -0.586. The molecular formula is C25H24ClN3O5. The van der Waals surface area contributed by atoms with Crippen molar-refractivity contribution in [2.75, 3.05) is 20.8 Å². The molecule has 2 aromatic heterocycles. The number of hydrogen-bond donors (Lipinski definition) is 1. The van der Waals surface area contributed by atoms with Gasteiger partial charge < -0.3 is 23.9 Å². The van der Waals surface area contributed by atoms with E-state index < -0.39 is 23.1 Å². The SMILES string of the molecule is COc1cc(OC)c2c(c1Cl)OC1(C(=O)C=C(NCCc3cn4ccccc4n3)CC1C)C2=O. The minimum absolute atomic E-state index is 0.125. The van der Waals surface area contributed by atoms with Crippen LogP contribution >= 0.6 is 11.6 Å². The zero-order chi connectivity index (χ0) is 24.0. The molecule has 1 N–H and O–H groups in total. The highest BCUT2D eigenvalue weighted by atomic mass is 35.5. The number of nitrogens with zero attached hydrogens (tertiary/aromatic N) is 2. The number of benzene rings is 1. The Labute approximate surface area is 201 Å². The van der Waals surface area contributed by atoms with Gasteiger partial charge in [0.15, 0.2) is 5.75 Å². The van der Waals surface area contributed by atoms with Gasteiger partial charge in [-0.3, -0.25) is 9.59 Å². The first-order valence-electron chi connectivity index (χ1n) is 11.0. The minimum atomic E-state index is -1.67. The number of allylic oxidation sites excluding steroid dienone is 1. The van der Waals surface area contributed by atoms with Crippen LogP contribution in [-0.2, 0) is 11.2 Å². The van der Waals surface area contributed by atoms with E-state index in [1.54, 1.807) is 0 Å². The maximum atomic E-state index is 13.5. The molecule has 3 aromatic rings. The van der Waals surface area contributed by atoms with Gasteiger partial charge in [-0.05, 0) is 18.6 Å².